The van der Waals surface area contributed by atoms with Gasteiger partial charge in [0.15, 0.2) is 12.4 Å². The van der Waals surface area contributed by atoms with E-state index in [0.717, 1.165) is 5.69 Å². The van der Waals surface area contributed by atoms with Gasteiger partial charge in [-0.25, -0.2) is 0 Å². The lowest BCUT2D eigenvalue weighted by atomic mass is 10.0. The van der Waals surface area contributed by atoms with E-state index < -0.39 is 6.04 Å². The monoisotopic (exact) mass is 407 g/mol. The van der Waals surface area contributed by atoms with E-state index >= 15 is 0 Å². The fourth-order valence-electron chi connectivity index (χ4n) is 2.32. The highest BCUT2D eigenvalue weighted by atomic mass is 35.5. The van der Waals surface area contributed by atoms with E-state index in [9.17, 15) is 4.79 Å². The van der Waals surface area contributed by atoms with Gasteiger partial charge in [0.2, 0.25) is 11.8 Å². The van der Waals surface area contributed by atoms with Crippen LogP contribution in [0.1, 0.15) is 16.4 Å². The first kappa shape index (κ1) is 20.4. The molecule has 2 aromatic rings. The highest BCUT2D eigenvalue weighted by Crippen LogP contribution is 2.24. The molecule has 0 spiro atoms. The van der Waals surface area contributed by atoms with Crippen LogP contribution in [0.3, 0.4) is 0 Å². The zero-order valence-electron chi connectivity index (χ0n) is 14.5. The average molecular weight is 408 g/mol. The number of anilines is 1. The number of carbonyl (C=O) groups excluding carboxylic acids is 1. The Bertz CT molecular complexity index is 835. The first-order valence-corrected chi connectivity index (χ1v) is 9.01. The van der Waals surface area contributed by atoms with Gasteiger partial charge in [0.25, 0.3) is 0 Å². The number of halogens is 2. The van der Waals surface area contributed by atoms with Crippen molar-refractivity contribution in [3.8, 4) is 0 Å². The lowest BCUT2D eigenvalue weighted by molar-refractivity contribution is -0.691. The number of hydrogen-bond acceptors (Lipinski definition) is 4. The lowest BCUT2D eigenvalue weighted by Crippen LogP contribution is -2.47. The van der Waals surface area contributed by atoms with Crippen LogP contribution in [0.2, 0.25) is 10.0 Å². The molecule has 26 heavy (non-hydrogen) atoms. The Balaban J connectivity index is 2.47. The largest absolute Gasteiger partial charge is 0.758 e. The highest BCUT2D eigenvalue weighted by Gasteiger charge is 2.28. The number of ketones is 1. The number of hydrogen-bond donors (Lipinski definition) is 0. The van der Waals surface area contributed by atoms with Crippen LogP contribution in [0.15, 0.2) is 60.4 Å². The first-order valence-electron chi connectivity index (χ1n) is 7.84. The van der Waals surface area contributed by atoms with E-state index in [1.807, 2.05) is 43.5 Å². The summed E-state index contributed by atoms with van der Waals surface area (Å²) in [7, 11) is 3.89. The molecular formula is C19H19Cl2N3OS. The zero-order valence-corrected chi connectivity index (χ0v) is 16.9. The van der Waals surface area contributed by atoms with E-state index in [1.54, 1.807) is 28.8 Å². The molecule has 0 aliphatic rings. The van der Waals surface area contributed by atoms with Crippen molar-refractivity contribution < 1.29 is 9.36 Å². The zero-order chi connectivity index (χ0) is 19.3. The van der Waals surface area contributed by atoms with Crippen LogP contribution in [0.25, 0.3) is 0 Å². The Morgan fingerprint density at radius 1 is 1.27 bits per heavy atom. The summed E-state index contributed by atoms with van der Waals surface area (Å²) in [5, 5.41) is 0.989. The van der Waals surface area contributed by atoms with Crippen molar-refractivity contribution >= 4 is 52.3 Å². The summed E-state index contributed by atoms with van der Waals surface area (Å²) < 4.78 is 1.74. The number of aliphatic imine (C=N–C) groups is 1. The molecule has 0 radical (unpaired) electrons. The highest BCUT2D eigenvalue weighted by molar-refractivity contribution is 7.77. The van der Waals surface area contributed by atoms with Crippen LogP contribution in [0.5, 0.6) is 0 Å². The molecule has 1 aromatic heterocycles. The molecule has 7 heteroatoms. The molecule has 0 saturated carbocycles. The second-order valence-corrected chi connectivity index (χ2v) is 6.99. The average Bonchev–Trinajstić information content (AvgIpc) is 2.62. The summed E-state index contributed by atoms with van der Waals surface area (Å²) in [4.78, 5) is 19.4. The van der Waals surface area contributed by atoms with Gasteiger partial charge in [-0.15, -0.1) is 6.58 Å². The van der Waals surface area contributed by atoms with E-state index in [0.29, 0.717) is 22.2 Å². The molecule has 136 valence electrons. The lowest BCUT2D eigenvalue weighted by Gasteiger charge is -2.19. The standard InChI is InChI=1S/C19H19Cl2N3OS/c1-4-9-22-19(26)17(24-10-7-14(8-11-24)23(2)3)18(25)13-5-6-15(20)16(21)12-13/h4-8,10-12,17H,1,9H2,2-3H3/t17-/m1/s1. The van der Waals surface area contributed by atoms with Gasteiger partial charge in [-0.05, 0) is 23.2 Å². The predicted molar refractivity (Wildman–Crippen MR) is 111 cm³/mol. The topological polar surface area (TPSA) is 36.6 Å². The van der Waals surface area contributed by atoms with E-state index in [1.165, 1.54) is 0 Å². The van der Waals surface area contributed by atoms with Gasteiger partial charge in [-0.3, -0.25) is 4.79 Å². The van der Waals surface area contributed by atoms with Crippen molar-refractivity contribution in [2.24, 2.45) is 4.99 Å². The third-order valence-corrected chi connectivity index (χ3v) is 4.80. The van der Waals surface area contributed by atoms with E-state index in [4.69, 9.17) is 35.8 Å². The molecule has 0 N–H and O–H groups in total. The van der Waals surface area contributed by atoms with Gasteiger partial charge in [0, 0.05) is 37.5 Å². The Kier molecular flexibility index (Phi) is 7.14. The number of nitrogens with zero attached hydrogens (tertiary/aromatic N) is 3. The van der Waals surface area contributed by atoms with Crippen LogP contribution in [-0.4, -0.2) is 31.5 Å². The van der Waals surface area contributed by atoms with Gasteiger partial charge in [-0.1, -0.05) is 29.3 Å². The van der Waals surface area contributed by atoms with Crippen molar-refractivity contribution in [3.05, 3.63) is 71.0 Å². The number of rotatable bonds is 7. The van der Waals surface area contributed by atoms with Crippen LogP contribution < -0.4 is 9.47 Å². The van der Waals surface area contributed by atoms with Crippen molar-refractivity contribution in [2.45, 2.75) is 6.04 Å². The van der Waals surface area contributed by atoms with Gasteiger partial charge < -0.3 is 22.5 Å². The second kappa shape index (κ2) is 9.12. The molecule has 0 aliphatic carbocycles. The molecule has 1 aromatic carbocycles. The summed E-state index contributed by atoms with van der Waals surface area (Å²) in [6.45, 7) is 3.98. The summed E-state index contributed by atoms with van der Waals surface area (Å²) in [5.74, 6) is -0.205. The third-order valence-electron chi connectivity index (χ3n) is 3.71. The Morgan fingerprint density at radius 2 is 1.92 bits per heavy atom. The molecule has 1 atom stereocenters. The van der Waals surface area contributed by atoms with E-state index in [-0.39, 0.29) is 10.8 Å². The number of Topliss-reactive ketones (excluding diaryl/α,β-unsaturated/α-hetero) is 1. The molecule has 0 aliphatic heterocycles. The third kappa shape index (κ3) is 4.81. The smallest absolute Gasteiger partial charge is 0.237 e. The SMILES string of the molecule is C=CCN=C([S-])[C@@H](C(=O)c1ccc(Cl)c(Cl)c1)[n+]1ccc(N(C)C)cc1. The number of aromatic nitrogens is 1. The molecule has 0 bridgehead atoms. The molecule has 0 saturated heterocycles. The minimum atomic E-state index is -0.751. The van der Waals surface area contributed by atoms with Gasteiger partial charge >= 0.3 is 0 Å². The number of pyridine rings is 1. The van der Waals surface area contributed by atoms with Crippen LogP contribution in [0.4, 0.5) is 5.69 Å². The summed E-state index contributed by atoms with van der Waals surface area (Å²) in [6.07, 6.45) is 5.25. The Hall–Kier alpha value is -1.95. The van der Waals surface area contributed by atoms with Crippen LogP contribution >= 0.6 is 23.2 Å². The molecule has 2 rings (SSSR count). The first-order chi connectivity index (χ1) is 12.3. The second-order valence-electron chi connectivity index (χ2n) is 5.76. The van der Waals surface area contributed by atoms with Crippen LogP contribution in [-0.2, 0) is 12.6 Å². The maximum Gasteiger partial charge on any atom is 0.237 e. The maximum absolute atomic E-state index is 13.1. The minimum Gasteiger partial charge on any atom is -0.758 e. The fourth-order valence-corrected chi connectivity index (χ4v) is 2.93. The van der Waals surface area contributed by atoms with Gasteiger partial charge in [-0.2, -0.15) is 4.57 Å². The van der Waals surface area contributed by atoms with Crippen molar-refractivity contribution in [1.29, 1.82) is 0 Å². The van der Waals surface area contributed by atoms with E-state index in [2.05, 4.69) is 11.6 Å². The molecular weight excluding hydrogens is 389 g/mol. The molecule has 0 amide bonds. The fraction of sp³-hybridized carbons (Fsp3) is 0.211. The summed E-state index contributed by atoms with van der Waals surface area (Å²) >= 11 is 17.4. The van der Waals surface area contributed by atoms with Crippen molar-refractivity contribution in [2.75, 3.05) is 25.5 Å². The molecule has 0 unspecified atom stereocenters. The van der Waals surface area contributed by atoms with Crippen molar-refractivity contribution in [1.82, 2.24) is 0 Å². The molecule has 4 nitrogen and oxygen atoms in total. The molecule has 1 heterocycles. The predicted octanol–water partition coefficient (Wildman–Crippen LogP) is 3.90. The minimum absolute atomic E-state index is 0.205. The summed E-state index contributed by atoms with van der Waals surface area (Å²) in [6, 6.07) is 7.84. The number of benzene rings is 1. The molecule has 0 fully saturated rings. The number of carbonyl (C=O) groups is 1. The maximum atomic E-state index is 13.1. The van der Waals surface area contributed by atoms with Crippen molar-refractivity contribution in [3.63, 3.8) is 0 Å². The normalized spacial score (nSPS) is 12.5. The Morgan fingerprint density at radius 3 is 2.46 bits per heavy atom. The quantitative estimate of drug-likeness (QED) is 0.174. The van der Waals surface area contributed by atoms with Gasteiger partial charge in [0.05, 0.1) is 16.6 Å². The van der Waals surface area contributed by atoms with Crippen LogP contribution in [0, 0.1) is 0 Å². The van der Waals surface area contributed by atoms with Gasteiger partial charge in [0.1, 0.15) is 0 Å². The summed E-state index contributed by atoms with van der Waals surface area (Å²) in [5.41, 5.74) is 1.43. The Labute approximate surface area is 169 Å².